The van der Waals surface area contributed by atoms with Gasteiger partial charge in [-0.25, -0.2) is 4.98 Å². The lowest BCUT2D eigenvalue weighted by atomic mass is 10.1. The summed E-state index contributed by atoms with van der Waals surface area (Å²) >= 11 is 5.76. The van der Waals surface area contributed by atoms with E-state index in [1.54, 1.807) is 6.07 Å². The molecule has 2 rings (SSSR count). The summed E-state index contributed by atoms with van der Waals surface area (Å²) in [6.45, 7) is 1.53. The number of carbonyl (C=O) groups excluding carboxylic acids is 1. The second kappa shape index (κ2) is 3.58. The van der Waals surface area contributed by atoms with Gasteiger partial charge in [-0.1, -0.05) is 11.6 Å². The maximum atomic E-state index is 11.3. The first-order valence-corrected chi connectivity index (χ1v) is 4.97. The van der Waals surface area contributed by atoms with Gasteiger partial charge >= 0.3 is 0 Å². The van der Waals surface area contributed by atoms with Gasteiger partial charge in [-0.2, -0.15) is 0 Å². The Morgan fingerprint density at radius 3 is 2.93 bits per heavy atom. The Labute approximate surface area is 87.5 Å². The molecule has 0 saturated heterocycles. The molecule has 0 aliphatic heterocycles. The molecule has 1 aliphatic carbocycles. The predicted octanol–water partition coefficient (Wildman–Crippen LogP) is 2.51. The van der Waals surface area contributed by atoms with Crippen molar-refractivity contribution in [3.05, 3.63) is 23.0 Å². The molecule has 0 unspecified atom stereocenters. The van der Waals surface area contributed by atoms with Gasteiger partial charge in [-0.15, -0.1) is 0 Å². The fraction of sp³-hybridized carbons (Fsp3) is 0.400. The average Bonchev–Trinajstić information content (AvgIpc) is 2.87. The molecule has 3 nitrogen and oxygen atoms in total. The summed E-state index contributed by atoms with van der Waals surface area (Å²) in [5, 5.41) is 3.68. The summed E-state index contributed by atoms with van der Waals surface area (Å²) in [6.07, 6.45) is 3.85. The third-order valence-corrected chi connectivity index (χ3v) is 2.39. The molecule has 1 N–H and O–H groups in total. The Morgan fingerprint density at radius 1 is 1.64 bits per heavy atom. The van der Waals surface area contributed by atoms with Crippen molar-refractivity contribution in [1.29, 1.82) is 0 Å². The Morgan fingerprint density at radius 2 is 2.36 bits per heavy atom. The van der Waals surface area contributed by atoms with Gasteiger partial charge in [0.05, 0.1) is 5.56 Å². The molecule has 1 aliphatic rings. The highest BCUT2D eigenvalue weighted by atomic mass is 35.5. The number of aromatic nitrogens is 1. The number of pyridine rings is 1. The number of nitrogens with one attached hydrogen (secondary N) is 1. The molecule has 0 bridgehead atoms. The van der Waals surface area contributed by atoms with E-state index in [1.807, 2.05) is 0 Å². The molecular weight excluding hydrogens is 200 g/mol. The highest BCUT2D eigenvalue weighted by Crippen LogP contribution is 2.27. The zero-order valence-electron chi connectivity index (χ0n) is 7.88. The summed E-state index contributed by atoms with van der Waals surface area (Å²) in [5.74, 6) is 0.0114. The lowest BCUT2D eigenvalue weighted by Crippen LogP contribution is -2.07. The van der Waals surface area contributed by atoms with Crippen molar-refractivity contribution in [2.24, 2.45) is 0 Å². The highest BCUT2D eigenvalue weighted by Gasteiger charge is 2.22. The van der Waals surface area contributed by atoms with E-state index in [0.717, 1.165) is 18.5 Å². The van der Waals surface area contributed by atoms with E-state index in [1.165, 1.54) is 13.1 Å². The summed E-state index contributed by atoms with van der Waals surface area (Å²) in [6, 6.07) is 2.21. The Kier molecular flexibility index (Phi) is 2.42. The Balaban J connectivity index is 2.31. The first-order valence-electron chi connectivity index (χ1n) is 4.60. The molecule has 0 spiro atoms. The number of rotatable bonds is 3. The van der Waals surface area contributed by atoms with E-state index >= 15 is 0 Å². The minimum absolute atomic E-state index is 0.0114. The smallest absolute Gasteiger partial charge is 0.163 e. The number of carbonyl (C=O) groups is 1. The topological polar surface area (TPSA) is 42.0 Å². The molecule has 74 valence electrons. The number of anilines is 1. The maximum Gasteiger partial charge on any atom is 0.163 e. The molecule has 0 radical (unpaired) electrons. The van der Waals surface area contributed by atoms with Crippen molar-refractivity contribution < 1.29 is 4.79 Å². The van der Waals surface area contributed by atoms with Crippen LogP contribution in [0, 0.1) is 0 Å². The van der Waals surface area contributed by atoms with Gasteiger partial charge in [-0.3, -0.25) is 4.79 Å². The monoisotopic (exact) mass is 210 g/mol. The zero-order chi connectivity index (χ0) is 10.1. The van der Waals surface area contributed by atoms with Crippen LogP contribution in [0.3, 0.4) is 0 Å². The van der Waals surface area contributed by atoms with Crippen LogP contribution in [0.4, 0.5) is 5.69 Å². The Bertz CT molecular complexity index is 374. The van der Waals surface area contributed by atoms with Crippen molar-refractivity contribution in [3.63, 3.8) is 0 Å². The molecular formula is C10H11ClN2O. The predicted molar refractivity (Wildman–Crippen MR) is 55.9 cm³/mol. The van der Waals surface area contributed by atoms with Gasteiger partial charge in [0, 0.05) is 17.9 Å². The molecule has 1 fully saturated rings. The van der Waals surface area contributed by atoms with E-state index in [9.17, 15) is 4.79 Å². The van der Waals surface area contributed by atoms with Crippen LogP contribution in [0.5, 0.6) is 0 Å². The molecule has 0 amide bonds. The molecule has 0 aromatic carbocycles. The third kappa shape index (κ3) is 2.04. The third-order valence-electron chi connectivity index (χ3n) is 2.19. The summed E-state index contributed by atoms with van der Waals surface area (Å²) < 4.78 is 0. The van der Waals surface area contributed by atoms with E-state index < -0.39 is 0 Å². The molecule has 1 aromatic heterocycles. The van der Waals surface area contributed by atoms with E-state index in [4.69, 9.17) is 11.6 Å². The van der Waals surface area contributed by atoms with Crippen molar-refractivity contribution in [2.45, 2.75) is 25.8 Å². The number of Topliss-reactive ketones (excluding diaryl/α,β-unsaturated/α-hetero) is 1. The van der Waals surface area contributed by atoms with Crippen LogP contribution in [-0.2, 0) is 0 Å². The average molecular weight is 211 g/mol. The van der Waals surface area contributed by atoms with Gasteiger partial charge in [0.25, 0.3) is 0 Å². The molecule has 0 atom stereocenters. The normalized spacial score (nSPS) is 15.3. The van der Waals surface area contributed by atoms with Crippen LogP contribution < -0.4 is 5.32 Å². The standard InChI is InChI=1S/C10H11ClN2O/c1-6(14)8-5-12-10(11)4-9(8)13-7-2-3-7/h4-5,7H,2-3H2,1H3,(H,12,13). The molecule has 1 saturated carbocycles. The minimum Gasteiger partial charge on any atom is -0.382 e. The maximum absolute atomic E-state index is 11.3. The number of halogens is 1. The van der Waals surface area contributed by atoms with E-state index in [0.29, 0.717) is 16.8 Å². The molecule has 14 heavy (non-hydrogen) atoms. The van der Waals surface area contributed by atoms with Crippen molar-refractivity contribution in [2.75, 3.05) is 5.32 Å². The summed E-state index contributed by atoms with van der Waals surface area (Å²) in [7, 11) is 0. The van der Waals surface area contributed by atoms with Crippen molar-refractivity contribution >= 4 is 23.1 Å². The summed E-state index contributed by atoms with van der Waals surface area (Å²) in [5.41, 5.74) is 1.42. The number of hydrogen-bond donors (Lipinski definition) is 1. The molecule has 1 aromatic rings. The lowest BCUT2D eigenvalue weighted by molar-refractivity contribution is 0.101. The first-order chi connectivity index (χ1) is 6.66. The van der Waals surface area contributed by atoms with E-state index in [2.05, 4.69) is 10.3 Å². The van der Waals surface area contributed by atoms with Gasteiger partial charge in [0.2, 0.25) is 0 Å². The largest absolute Gasteiger partial charge is 0.382 e. The van der Waals surface area contributed by atoms with Gasteiger partial charge in [0.1, 0.15) is 5.15 Å². The second-order valence-corrected chi connectivity index (χ2v) is 3.91. The van der Waals surface area contributed by atoms with Crippen LogP contribution in [-0.4, -0.2) is 16.8 Å². The van der Waals surface area contributed by atoms with Crippen LogP contribution in [0.25, 0.3) is 0 Å². The SMILES string of the molecule is CC(=O)c1cnc(Cl)cc1NC1CC1. The van der Waals surface area contributed by atoms with Crippen LogP contribution in [0.15, 0.2) is 12.3 Å². The quantitative estimate of drug-likeness (QED) is 0.616. The summed E-state index contributed by atoms with van der Waals surface area (Å²) in [4.78, 5) is 15.1. The fourth-order valence-electron chi connectivity index (χ4n) is 1.28. The lowest BCUT2D eigenvalue weighted by Gasteiger charge is -2.08. The van der Waals surface area contributed by atoms with Crippen LogP contribution in [0.1, 0.15) is 30.1 Å². The van der Waals surface area contributed by atoms with Gasteiger partial charge < -0.3 is 5.32 Å². The van der Waals surface area contributed by atoms with Crippen LogP contribution >= 0.6 is 11.6 Å². The minimum atomic E-state index is 0.0114. The molecule has 4 heteroatoms. The Hall–Kier alpha value is -1.09. The van der Waals surface area contributed by atoms with Gasteiger partial charge in [0.15, 0.2) is 5.78 Å². The fourth-order valence-corrected chi connectivity index (χ4v) is 1.44. The number of hydrogen-bond acceptors (Lipinski definition) is 3. The molecule has 1 heterocycles. The highest BCUT2D eigenvalue weighted by molar-refractivity contribution is 6.29. The van der Waals surface area contributed by atoms with Crippen molar-refractivity contribution in [1.82, 2.24) is 4.98 Å². The van der Waals surface area contributed by atoms with Gasteiger partial charge in [-0.05, 0) is 25.8 Å². The second-order valence-electron chi connectivity index (χ2n) is 3.53. The van der Waals surface area contributed by atoms with Crippen LogP contribution in [0.2, 0.25) is 5.15 Å². The van der Waals surface area contributed by atoms with Crippen molar-refractivity contribution in [3.8, 4) is 0 Å². The zero-order valence-corrected chi connectivity index (χ0v) is 8.64. The first kappa shape index (κ1) is 9.46. The van der Waals surface area contributed by atoms with E-state index in [-0.39, 0.29) is 5.78 Å². The number of nitrogens with zero attached hydrogens (tertiary/aromatic N) is 1. The number of ketones is 1.